The highest BCUT2D eigenvalue weighted by molar-refractivity contribution is 4.44. The Labute approximate surface area is 42.1 Å². The van der Waals surface area contributed by atoms with Gasteiger partial charge in [0.15, 0.2) is 0 Å². The first-order valence-corrected chi connectivity index (χ1v) is 2.30. The molecule has 1 rings (SSSR count). The van der Waals surface area contributed by atoms with Gasteiger partial charge in [-0.2, -0.15) is 5.53 Å². The molecule has 0 bridgehead atoms. The number of rotatable bonds is 1. The van der Waals surface area contributed by atoms with Crippen LogP contribution in [0.2, 0.25) is 0 Å². The molecule has 0 radical (unpaired) electrons. The third kappa shape index (κ3) is 1.10. The van der Waals surface area contributed by atoms with Gasteiger partial charge in [0.05, 0.1) is 6.61 Å². The lowest BCUT2D eigenvalue weighted by molar-refractivity contribution is -0.150. The Balaban J connectivity index is 2.14. The van der Waals surface area contributed by atoms with E-state index in [9.17, 15) is 0 Å². The Morgan fingerprint density at radius 3 is 2.86 bits per heavy atom. The van der Waals surface area contributed by atoms with Crippen LogP contribution < -0.4 is 11.4 Å². The summed E-state index contributed by atoms with van der Waals surface area (Å²) in [4.78, 5) is 4.90. The molecule has 1 saturated heterocycles. The molecular weight excluding hydrogens is 94.1 g/mol. The molecule has 1 fully saturated rings. The maximum atomic E-state index is 4.98. The van der Waals surface area contributed by atoms with E-state index in [0.29, 0.717) is 0 Å². The maximum absolute atomic E-state index is 4.98. The molecule has 42 valence electrons. The van der Waals surface area contributed by atoms with Gasteiger partial charge in [-0.3, -0.25) is 10.7 Å². The van der Waals surface area contributed by atoms with Crippen LogP contribution in [0.15, 0.2) is 0 Å². The van der Waals surface area contributed by atoms with E-state index in [-0.39, 0.29) is 0 Å². The molecule has 1 heterocycles. The van der Waals surface area contributed by atoms with Gasteiger partial charge in [-0.05, 0) is 6.42 Å². The highest BCUT2D eigenvalue weighted by atomic mass is 16.7. The fraction of sp³-hybridized carbons (Fsp3) is 1.00. The molecule has 3 N–H and O–H groups in total. The molecule has 0 aromatic rings. The summed E-state index contributed by atoms with van der Waals surface area (Å²) in [5.74, 6) is 4.98. The number of hydrazine groups is 2. The van der Waals surface area contributed by atoms with Crippen LogP contribution in [0, 0.1) is 0 Å². The summed E-state index contributed by atoms with van der Waals surface area (Å²) in [7, 11) is 0. The van der Waals surface area contributed by atoms with Crippen molar-refractivity contribution in [3.8, 4) is 0 Å². The van der Waals surface area contributed by atoms with E-state index in [1.165, 1.54) is 5.17 Å². The quantitative estimate of drug-likeness (QED) is 0.330. The van der Waals surface area contributed by atoms with E-state index in [2.05, 4.69) is 5.53 Å². The summed E-state index contributed by atoms with van der Waals surface area (Å²) in [6.45, 7) is 1.67. The van der Waals surface area contributed by atoms with Crippen molar-refractivity contribution in [2.75, 3.05) is 13.2 Å². The summed E-state index contributed by atoms with van der Waals surface area (Å²) in [6, 6.07) is 0. The van der Waals surface area contributed by atoms with Crippen LogP contribution in [0.25, 0.3) is 0 Å². The van der Waals surface area contributed by atoms with Crippen molar-refractivity contribution in [2.45, 2.75) is 6.42 Å². The van der Waals surface area contributed by atoms with Crippen molar-refractivity contribution < 1.29 is 4.84 Å². The van der Waals surface area contributed by atoms with Gasteiger partial charge in [-0.25, -0.2) is 0 Å². The smallest absolute Gasteiger partial charge is 0.0715 e. The lowest BCUT2D eigenvalue weighted by Crippen LogP contribution is -2.39. The van der Waals surface area contributed by atoms with Crippen molar-refractivity contribution in [2.24, 2.45) is 5.84 Å². The average Bonchev–Trinajstić information content (AvgIpc) is 2.14. The molecule has 0 amide bonds. The largest absolute Gasteiger partial charge is 0.283 e. The zero-order valence-corrected chi connectivity index (χ0v) is 4.05. The van der Waals surface area contributed by atoms with Crippen molar-refractivity contribution in [3.63, 3.8) is 0 Å². The number of nitrogens with two attached hydrogens (primary N) is 1. The van der Waals surface area contributed by atoms with E-state index in [0.717, 1.165) is 19.6 Å². The molecule has 4 nitrogen and oxygen atoms in total. The van der Waals surface area contributed by atoms with Gasteiger partial charge in [0.2, 0.25) is 0 Å². The van der Waals surface area contributed by atoms with Gasteiger partial charge < -0.3 is 0 Å². The predicted molar refractivity (Wildman–Crippen MR) is 24.6 cm³/mol. The van der Waals surface area contributed by atoms with Crippen LogP contribution in [0.3, 0.4) is 0 Å². The first kappa shape index (κ1) is 4.99. The second-order valence-corrected chi connectivity index (χ2v) is 1.42. The molecule has 0 aliphatic carbocycles. The van der Waals surface area contributed by atoms with E-state index >= 15 is 0 Å². The Morgan fingerprint density at radius 1 is 1.71 bits per heavy atom. The fourth-order valence-corrected chi connectivity index (χ4v) is 0.549. The highest BCUT2D eigenvalue weighted by Crippen LogP contribution is 1.97. The second-order valence-electron chi connectivity index (χ2n) is 1.42. The maximum Gasteiger partial charge on any atom is 0.0715 e. The third-order valence-corrected chi connectivity index (χ3v) is 0.897. The van der Waals surface area contributed by atoms with Gasteiger partial charge in [0, 0.05) is 6.54 Å². The molecule has 0 atom stereocenters. The fourth-order valence-electron chi connectivity index (χ4n) is 0.549. The van der Waals surface area contributed by atoms with Crippen molar-refractivity contribution in [3.05, 3.63) is 0 Å². The van der Waals surface area contributed by atoms with Crippen molar-refractivity contribution in [1.82, 2.24) is 10.7 Å². The third-order valence-electron chi connectivity index (χ3n) is 0.897. The van der Waals surface area contributed by atoms with Crippen molar-refractivity contribution >= 4 is 0 Å². The van der Waals surface area contributed by atoms with Crippen LogP contribution in [-0.2, 0) is 4.84 Å². The number of hydrogen-bond acceptors (Lipinski definition) is 4. The van der Waals surface area contributed by atoms with Crippen LogP contribution in [0.1, 0.15) is 6.42 Å². The standard InChI is InChI=1S/C3H9N3O/c4-5-6-2-1-3-7-6/h5H,1-4H2. The van der Waals surface area contributed by atoms with Crippen LogP contribution in [-0.4, -0.2) is 18.3 Å². The number of hydroxylamine groups is 1. The molecule has 0 aromatic carbocycles. The second kappa shape index (κ2) is 2.23. The van der Waals surface area contributed by atoms with Crippen LogP contribution in [0.4, 0.5) is 0 Å². The first-order chi connectivity index (χ1) is 3.43. The first-order valence-electron chi connectivity index (χ1n) is 2.30. The summed E-state index contributed by atoms with van der Waals surface area (Å²) >= 11 is 0. The minimum atomic E-state index is 0.782. The van der Waals surface area contributed by atoms with Gasteiger partial charge in [0.1, 0.15) is 0 Å². The summed E-state index contributed by atoms with van der Waals surface area (Å²) in [5, 5.41) is 1.51. The van der Waals surface area contributed by atoms with Gasteiger partial charge in [-0.15, -0.1) is 5.17 Å². The van der Waals surface area contributed by atoms with Gasteiger partial charge >= 0.3 is 0 Å². The Morgan fingerprint density at radius 2 is 2.57 bits per heavy atom. The topological polar surface area (TPSA) is 50.5 Å². The zero-order valence-electron chi connectivity index (χ0n) is 4.05. The van der Waals surface area contributed by atoms with Gasteiger partial charge in [0.25, 0.3) is 0 Å². The molecule has 7 heavy (non-hydrogen) atoms. The lowest BCUT2D eigenvalue weighted by atomic mass is 10.5. The molecule has 0 unspecified atom stereocenters. The number of hydrogen-bond donors (Lipinski definition) is 2. The normalized spacial score (nSPS) is 23.6. The molecule has 1 aliphatic heterocycles. The monoisotopic (exact) mass is 103 g/mol. The molecule has 0 saturated carbocycles. The minimum absolute atomic E-state index is 0.782. The Kier molecular flexibility index (Phi) is 1.59. The lowest BCUT2D eigenvalue weighted by Gasteiger charge is -2.08. The molecule has 1 aliphatic rings. The summed E-state index contributed by atoms with van der Waals surface area (Å²) < 4.78 is 0. The van der Waals surface area contributed by atoms with Gasteiger partial charge in [-0.1, -0.05) is 0 Å². The van der Waals surface area contributed by atoms with E-state index < -0.39 is 0 Å². The Hall–Kier alpha value is -0.160. The van der Waals surface area contributed by atoms with Crippen molar-refractivity contribution in [1.29, 1.82) is 0 Å². The summed E-state index contributed by atoms with van der Waals surface area (Å²) in [5.41, 5.74) is 2.38. The molecular formula is C3H9N3O. The van der Waals surface area contributed by atoms with E-state index in [4.69, 9.17) is 10.7 Å². The van der Waals surface area contributed by atoms with Crippen LogP contribution >= 0.6 is 0 Å². The number of nitrogens with one attached hydrogen (secondary N) is 1. The summed E-state index contributed by atoms with van der Waals surface area (Å²) in [6.07, 6.45) is 1.06. The molecule has 4 heteroatoms. The average molecular weight is 103 g/mol. The predicted octanol–water partition coefficient (Wildman–Crippen LogP) is -0.998. The zero-order chi connectivity index (χ0) is 5.11. The highest BCUT2D eigenvalue weighted by Gasteiger charge is 2.08. The molecule has 0 aromatic heterocycles. The number of nitrogens with zero attached hydrogens (tertiary/aromatic N) is 1. The minimum Gasteiger partial charge on any atom is -0.283 e. The molecule has 0 spiro atoms. The Bertz CT molecular complexity index is 52.1. The van der Waals surface area contributed by atoms with Crippen LogP contribution in [0.5, 0.6) is 0 Å². The van der Waals surface area contributed by atoms with E-state index in [1.807, 2.05) is 0 Å². The SMILES string of the molecule is NNN1CCCO1. The van der Waals surface area contributed by atoms with E-state index in [1.54, 1.807) is 0 Å².